The van der Waals surface area contributed by atoms with E-state index >= 15 is 0 Å². The van der Waals surface area contributed by atoms with Crippen molar-refractivity contribution >= 4 is 41.9 Å². The van der Waals surface area contributed by atoms with Crippen molar-refractivity contribution in [3.8, 4) is 0 Å². The summed E-state index contributed by atoms with van der Waals surface area (Å²) in [5.41, 5.74) is 2.21. The van der Waals surface area contributed by atoms with E-state index in [1.165, 1.54) is 0 Å². The van der Waals surface area contributed by atoms with Gasteiger partial charge in [0.1, 0.15) is 4.90 Å². The third-order valence-electron chi connectivity index (χ3n) is 2.69. The Bertz CT molecular complexity index is 751. The highest BCUT2D eigenvalue weighted by atomic mass is 79.9. The fourth-order valence-corrected chi connectivity index (χ4v) is 4.76. The number of aryl methyl sites for hydroxylation is 3. The lowest BCUT2D eigenvalue weighted by molar-refractivity contribution is 0.577. The third-order valence-corrected chi connectivity index (χ3v) is 6.18. The molecule has 0 amide bonds. The van der Waals surface area contributed by atoms with Crippen LogP contribution < -0.4 is 0 Å². The monoisotopic (exact) mass is 406 g/mol. The number of halogens is 2. The Labute approximate surface area is 129 Å². The molecule has 1 heterocycles. The zero-order valence-electron chi connectivity index (χ0n) is 10.6. The van der Waals surface area contributed by atoms with Crippen LogP contribution in [0.15, 0.2) is 32.0 Å². The average Bonchev–Trinajstić information content (AvgIpc) is 2.63. The maximum Gasteiger partial charge on any atom is 0.284 e. The molecule has 0 spiro atoms. The van der Waals surface area contributed by atoms with Crippen molar-refractivity contribution in [1.29, 1.82) is 0 Å². The van der Waals surface area contributed by atoms with E-state index in [0.29, 0.717) is 15.9 Å². The Kier molecular flexibility index (Phi) is 3.90. The molecule has 2 aromatic rings. The summed E-state index contributed by atoms with van der Waals surface area (Å²) in [6.07, 6.45) is 0. The Hall–Kier alpha value is -0.660. The van der Waals surface area contributed by atoms with Gasteiger partial charge in [-0.1, -0.05) is 15.9 Å². The highest BCUT2D eigenvalue weighted by Gasteiger charge is 2.23. The zero-order chi connectivity index (χ0) is 14.4. The summed E-state index contributed by atoms with van der Waals surface area (Å²) in [7, 11) is -3.69. The number of aromatic nitrogens is 2. The number of benzene rings is 1. The molecule has 0 bridgehead atoms. The Balaban J connectivity index is 2.70. The van der Waals surface area contributed by atoms with Gasteiger partial charge in [0.15, 0.2) is 0 Å². The molecule has 0 atom stereocenters. The van der Waals surface area contributed by atoms with E-state index in [2.05, 4.69) is 37.0 Å². The highest BCUT2D eigenvalue weighted by molar-refractivity contribution is 9.11. The molecular formula is C12H12Br2N2O2S. The summed E-state index contributed by atoms with van der Waals surface area (Å²) in [5, 5.41) is 4.04. The first-order chi connectivity index (χ1) is 8.73. The summed E-state index contributed by atoms with van der Waals surface area (Å²) in [4.78, 5) is 0.191. The third kappa shape index (κ3) is 2.64. The van der Waals surface area contributed by atoms with E-state index < -0.39 is 10.0 Å². The van der Waals surface area contributed by atoms with Gasteiger partial charge in [-0.25, -0.2) is 0 Å². The largest absolute Gasteiger partial charge is 0.284 e. The fraction of sp³-hybridized carbons (Fsp3) is 0.250. The maximum atomic E-state index is 12.6. The standard InChI is InChI=1S/C12H12Br2N2O2S/c1-7-4-11(14)12(6-10(7)13)19(17,18)16-9(3)5-8(2)15-16/h4-6H,1-3H3. The van der Waals surface area contributed by atoms with Crippen molar-refractivity contribution in [2.45, 2.75) is 25.7 Å². The van der Waals surface area contributed by atoms with Crippen LogP contribution in [-0.4, -0.2) is 17.6 Å². The SMILES string of the molecule is Cc1cc(C)n(S(=O)(=O)c2cc(Br)c(C)cc2Br)n1. The van der Waals surface area contributed by atoms with E-state index in [-0.39, 0.29) is 4.90 Å². The molecule has 19 heavy (non-hydrogen) atoms. The molecule has 0 unspecified atom stereocenters. The lowest BCUT2D eigenvalue weighted by Gasteiger charge is -2.10. The van der Waals surface area contributed by atoms with Crippen molar-refractivity contribution < 1.29 is 8.42 Å². The Morgan fingerprint density at radius 2 is 1.68 bits per heavy atom. The van der Waals surface area contributed by atoms with Crippen LogP contribution in [0.25, 0.3) is 0 Å². The number of rotatable bonds is 2. The maximum absolute atomic E-state index is 12.6. The van der Waals surface area contributed by atoms with Crippen molar-refractivity contribution in [2.75, 3.05) is 0 Å². The quantitative estimate of drug-likeness (QED) is 0.764. The second-order valence-corrected chi connectivity index (χ2v) is 7.75. The highest BCUT2D eigenvalue weighted by Crippen LogP contribution is 2.30. The first-order valence-corrected chi connectivity index (χ1v) is 8.50. The van der Waals surface area contributed by atoms with E-state index in [1.54, 1.807) is 32.0 Å². The van der Waals surface area contributed by atoms with Crippen LogP contribution in [0.3, 0.4) is 0 Å². The summed E-state index contributed by atoms with van der Waals surface area (Å²) in [5.74, 6) is 0. The molecule has 0 aliphatic heterocycles. The van der Waals surface area contributed by atoms with Crippen LogP contribution in [0, 0.1) is 20.8 Å². The predicted molar refractivity (Wildman–Crippen MR) is 80.9 cm³/mol. The van der Waals surface area contributed by atoms with Gasteiger partial charge in [0.25, 0.3) is 10.0 Å². The van der Waals surface area contributed by atoms with Gasteiger partial charge in [-0.2, -0.15) is 17.6 Å². The zero-order valence-corrected chi connectivity index (χ0v) is 14.6. The second kappa shape index (κ2) is 5.03. The van der Waals surface area contributed by atoms with Gasteiger partial charge >= 0.3 is 0 Å². The van der Waals surface area contributed by atoms with Gasteiger partial charge in [0.05, 0.1) is 11.4 Å². The van der Waals surface area contributed by atoms with Gasteiger partial charge in [0.2, 0.25) is 0 Å². The fourth-order valence-electron chi connectivity index (χ4n) is 1.77. The molecule has 2 rings (SSSR count). The Morgan fingerprint density at radius 1 is 1.05 bits per heavy atom. The second-order valence-electron chi connectivity index (χ2n) is 4.31. The number of hydrogen-bond acceptors (Lipinski definition) is 3. The van der Waals surface area contributed by atoms with E-state index in [4.69, 9.17) is 0 Å². The van der Waals surface area contributed by atoms with Crippen molar-refractivity contribution in [3.63, 3.8) is 0 Å². The molecule has 0 aliphatic carbocycles. The predicted octanol–water partition coefficient (Wildman–Crippen LogP) is 3.57. The van der Waals surface area contributed by atoms with Crippen LogP contribution in [0.4, 0.5) is 0 Å². The van der Waals surface area contributed by atoms with Gasteiger partial charge in [-0.15, -0.1) is 0 Å². The van der Waals surface area contributed by atoms with Crippen LogP contribution in [-0.2, 0) is 10.0 Å². The topological polar surface area (TPSA) is 52.0 Å². The normalized spacial score (nSPS) is 11.8. The number of nitrogens with zero attached hydrogens (tertiary/aromatic N) is 2. The summed E-state index contributed by atoms with van der Waals surface area (Å²) in [6.45, 7) is 5.38. The molecule has 4 nitrogen and oxygen atoms in total. The minimum Gasteiger partial charge on any atom is -0.199 e. The van der Waals surface area contributed by atoms with Crippen molar-refractivity contribution in [1.82, 2.24) is 9.19 Å². The number of hydrogen-bond donors (Lipinski definition) is 0. The molecule has 0 N–H and O–H groups in total. The van der Waals surface area contributed by atoms with Crippen molar-refractivity contribution in [3.05, 3.63) is 44.1 Å². The summed E-state index contributed by atoms with van der Waals surface area (Å²) in [6, 6.07) is 5.09. The van der Waals surface area contributed by atoms with Crippen LogP contribution in [0.1, 0.15) is 17.0 Å². The molecule has 0 saturated carbocycles. The lowest BCUT2D eigenvalue weighted by Crippen LogP contribution is -2.16. The van der Waals surface area contributed by atoms with Crippen LogP contribution in [0.2, 0.25) is 0 Å². The Morgan fingerprint density at radius 3 is 2.21 bits per heavy atom. The molecule has 0 saturated heterocycles. The summed E-state index contributed by atoms with van der Waals surface area (Å²) >= 11 is 6.66. The smallest absolute Gasteiger partial charge is 0.199 e. The van der Waals surface area contributed by atoms with Crippen molar-refractivity contribution in [2.24, 2.45) is 0 Å². The van der Waals surface area contributed by atoms with E-state index in [1.807, 2.05) is 6.92 Å². The molecule has 1 aromatic heterocycles. The first kappa shape index (κ1) is 14.7. The molecule has 0 radical (unpaired) electrons. The average molecular weight is 408 g/mol. The first-order valence-electron chi connectivity index (χ1n) is 5.48. The van der Waals surface area contributed by atoms with Crippen LogP contribution in [0.5, 0.6) is 0 Å². The minimum atomic E-state index is -3.69. The van der Waals surface area contributed by atoms with E-state index in [0.717, 1.165) is 14.1 Å². The molecule has 0 fully saturated rings. The summed E-state index contributed by atoms with van der Waals surface area (Å²) < 4.78 is 27.5. The molecular weight excluding hydrogens is 396 g/mol. The van der Waals surface area contributed by atoms with Gasteiger partial charge < -0.3 is 0 Å². The van der Waals surface area contributed by atoms with Gasteiger partial charge in [-0.05, 0) is 60.5 Å². The molecule has 102 valence electrons. The molecule has 7 heteroatoms. The molecule has 1 aromatic carbocycles. The van der Waals surface area contributed by atoms with Gasteiger partial charge in [-0.3, -0.25) is 0 Å². The molecule has 0 aliphatic rings. The lowest BCUT2D eigenvalue weighted by atomic mass is 10.2. The minimum absolute atomic E-state index is 0.191. The van der Waals surface area contributed by atoms with Crippen LogP contribution >= 0.6 is 31.9 Å². The van der Waals surface area contributed by atoms with Gasteiger partial charge in [0, 0.05) is 8.95 Å². The van der Waals surface area contributed by atoms with E-state index in [9.17, 15) is 8.42 Å².